The normalized spacial score (nSPS) is 12.4. The first kappa shape index (κ1) is 16.2. The quantitative estimate of drug-likeness (QED) is 0.517. The molecule has 0 saturated carbocycles. The maximum Gasteiger partial charge on any atom is 0.0439 e. The second kappa shape index (κ2) is 7.70. The largest absolute Gasteiger partial charge is 0.126 e. The lowest BCUT2D eigenvalue weighted by Gasteiger charge is -2.15. The summed E-state index contributed by atoms with van der Waals surface area (Å²) in [4.78, 5) is 0. The fourth-order valence-corrected chi connectivity index (χ4v) is 3.24. The van der Waals surface area contributed by atoms with E-state index in [9.17, 15) is 0 Å². The van der Waals surface area contributed by atoms with E-state index in [-0.39, 0.29) is 0 Å². The van der Waals surface area contributed by atoms with E-state index in [1.54, 1.807) is 6.07 Å². The highest BCUT2D eigenvalue weighted by atomic mass is 79.9. The van der Waals surface area contributed by atoms with Gasteiger partial charge in [0.05, 0.1) is 0 Å². The number of rotatable bonds is 5. The van der Waals surface area contributed by atoms with Gasteiger partial charge in [0.1, 0.15) is 0 Å². The van der Waals surface area contributed by atoms with Crippen molar-refractivity contribution in [2.75, 3.05) is 5.88 Å². The summed E-state index contributed by atoms with van der Waals surface area (Å²) in [5.41, 5.74) is 2.32. The first-order chi connectivity index (χ1) is 9.58. The molecule has 0 bridgehead atoms. The van der Waals surface area contributed by atoms with Gasteiger partial charge in [-0.25, -0.2) is 0 Å². The molecule has 0 nitrogen and oxygen atoms in total. The molecule has 0 spiro atoms. The van der Waals surface area contributed by atoms with Gasteiger partial charge < -0.3 is 0 Å². The van der Waals surface area contributed by atoms with Crippen LogP contribution in [0.5, 0.6) is 0 Å². The lowest BCUT2D eigenvalue weighted by Crippen LogP contribution is -2.10. The van der Waals surface area contributed by atoms with Gasteiger partial charge in [0.15, 0.2) is 0 Å². The minimum atomic E-state index is 0.335. The molecule has 20 heavy (non-hydrogen) atoms. The molecule has 0 aliphatic heterocycles. The Hall–Kier alpha value is -0.210. The van der Waals surface area contributed by atoms with E-state index in [0.717, 1.165) is 27.9 Å². The van der Waals surface area contributed by atoms with Gasteiger partial charge in [-0.3, -0.25) is 0 Å². The van der Waals surface area contributed by atoms with Crippen LogP contribution in [0.3, 0.4) is 0 Å². The van der Waals surface area contributed by atoms with E-state index in [0.29, 0.717) is 16.8 Å². The smallest absolute Gasteiger partial charge is 0.0439 e. The zero-order valence-electron chi connectivity index (χ0n) is 10.8. The van der Waals surface area contributed by atoms with Crippen molar-refractivity contribution in [1.29, 1.82) is 0 Å². The Kier molecular flexibility index (Phi) is 6.22. The van der Waals surface area contributed by atoms with Crippen LogP contribution in [0.15, 0.2) is 46.9 Å². The van der Waals surface area contributed by atoms with E-state index < -0.39 is 0 Å². The summed E-state index contributed by atoms with van der Waals surface area (Å²) in [5.74, 6) is 0.928. The first-order valence-corrected chi connectivity index (χ1v) is 8.41. The summed E-state index contributed by atoms with van der Waals surface area (Å²) in [6.45, 7) is 0. The molecule has 0 N–H and O–H groups in total. The maximum atomic E-state index is 6.22. The number of hydrogen-bond donors (Lipinski definition) is 0. The lowest BCUT2D eigenvalue weighted by molar-refractivity contribution is 0.584. The van der Waals surface area contributed by atoms with Crippen LogP contribution in [0.25, 0.3) is 0 Å². The van der Waals surface area contributed by atoms with Gasteiger partial charge in [-0.05, 0) is 60.2 Å². The SMILES string of the molecule is ClCC(Cc1cccc(Br)c1)Cc1cc(Cl)ccc1Cl. The Morgan fingerprint density at radius 3 is 2.50 bits per heavy atom. The van der Waals surface area contributed by atoms with Gasteiger partial charge in [-0.15, -0.1) is 11.6 Å². The minimum absolute atomic E-state index is 0.335. The van der Waals surface area contributed by atoms with Gasteiger partial charge in [-0.1, -0.05) is 51.3 Å². The molecule has 0 saturated heterocycles. The zero-order valence-corrected chi connectivity index (χ0v) is 14.6. The Labute approximate surface area is 143 Å². The average Bonchev–Trinajstić information content (AvgIpc) is 2.42. The lowest BCUT2D eigenvalue weighted by atomic mass is 9.94. The van der Waals surface area contributed by atoms with Crippen molar-refractivity contribution in [3.05, 3.63) is 68.1 Å². The summed E-state index contributed by atoms with van der Waals surface area (Å²) >= 11 is 21.8. The van der Waals surface area contributed by atoms with Crippen molar-refractivity contribution in [2.24, 2.45) is 5.92 Å². The van der Waals surface area contributed by atoms with E-state index in [2.05, 4.69) is 28.1 Å². The Morgan fingerprint density at radius 1 is 1.00 bits per heavy atom. The van der Waals surface area contributed by atoms with Crippen molar-refractivity contribution in [2.45, 2.75) is 12.8 Å². The second-order valence-electron chi connectivity index (χ2n) is 4.79. The molecule has 4 heteroatoms. The van der Waals surface area contributed by atoms with Crippen LogP contribution in [0, 0.1) is 5.92 Å². The van der Waals surface area contributed by atoms with Crippen molar-refractivity contribution >= 4 is 50.7 Å². The highest BCUT2D eigenvalue weighted by Gasteiger charge is 2.12. The third kappa shape index (κ3) is 4.66. The predicted molar refractivity (Wildman–Crippen MR) is 92.2 cm³/mol. The monoisotopic (exact) mass is 390 g/mol. The van der Waals surface area contributed by atoms with Gasteiger partial charge in [-0.2, -0.15) is 0 Å². The number of alkyl halides is 1. The van der Waals surface area contributed by atoms with Crippen LogP contribution in [-0.4, -0.2) is 5.88 Å². The second-order valence-corrected chi connectivity index (χ2v) is 6.86. The Balaban J connectivity index is 2.11. The molecule has 2 rings (SSSR count). The van der Waals surface area contributed by atoms with Crippen LogP contribution < -0.4 is 0 Å². The van der Waals surface area contributed by atoms with Gasteiger partial charge in [0.25, 0.3) is 0 Å². The molecule has 2 aromatic carbocycles. The Morgan fingerprint density at radius 2 is 1.80 bits per heavy atom. The molecule has 0 aliphatic rings. The van der Waals surface area contributed by atoms with Gasteiger partial charge >= 0.3 is 0 Å². The topological polar surface area (TPSA) is 0 Å². The molecule has 0 amide bonds. The number of benzene rings is 2. The molecular formula is C16H14BrCl3. The predicted octanol–water partition coefficient (Wildman–Crippen LogP) is 6.40. The summed E-state index contributed by atoms with van der Waals surface area (Å²) in [7, 11) is 0. The zero-order chi connectivity index (χ0) is 14.5. The van der Waals surface area contributed by atoms with Crippen molar-refractivity contribution < 1.29 is 0 Å². The van der Waals surface area contributed by atoms with Crippen molar-refractivity contribution in [3.8, 4) is 0 Å². The van der Waals surface area contributed by atoms with Crippen LogP contribution in [-0.2, 0) is 12.8 Å². The number of hydrogen-bond acceptors (Lipinski definition) is 0. The maximum absolute atomic E-state index is 6.22. The third-order valence-corrected chi connectivity index (χ3v) is 4.68. The van der Waals surface area contributed by atoms with E-state index in [1.807, 2.05) is 24.3 Å². The molecule has 106 valence electrons. The third-order valence-electron chi connectivity index (χ3n) is 3.15. The minimum Gasteiger partial charge on any atom is -0.126 e. The van der Waals surface area contributed by atoms with E-state index in [4.69, 9.17) is 34.8 Å². The highest BCUT2D eigenvalue weighted by Crippen LogP contribution is 2.25. The summed E-state index contributed by atoms with van der Waals surface area (Å²) in [6, 6.07) is 13.9. The number of halogens is 4. The van der Waals surface area contributed by atoms with Gasteiger partial charge in [0, 0.05) is 20.4 Å². The van der Waals surface area contributed by atoms with Crippen LogP contribution in [0.2, 0.25) is 10.0 Å². The molecule has 0 fully saturated rings. The van der Waals surface area contributed by atoms with Crippen LogP contribution in [0.4, 0.5) is 0 Å². The molecule has 0 aromatic heterocycles. The molecule has 0 heterocycles. The molecule has 2 aromatic rings. The molecule has 1 unspecified atom stereocenters. The van der Waals surface area contributed by atoms with E-state index in [1.165, 1.54) is 5.56 Å². The fraction of sp³-hybridized carbons (Fsp3) is 0.250. The summed E-state index contributed by atoms with van der Waals surface area (Å²) < 4.78 is 1.09. The standard InChI is InChI=1S/C16H14BrCl3/c17-14-3-1-2-11(8-14)6-12(10-18)7-13-9-15(19)4-5-16(13)20/h1-5,8-9,12H,6-7,10H2. The fourth-order valence-electron chi connectivity index (χ4n) is 2.19. The van der Waals surface area contributed by atoms with Gasteiger partial charge in [0.2, 0.25) is 0 Å². The first-order valence-electron chi connectivity index (χ1n) is 6.33. The summed E-state index contributed by atoms with van der Waals surface area (Å²) in [6.07, 6.45) is 1.75. The average molecular weight is 393 g/mol. The molecule has 0 aliphatic carbocycles. The summed E-state index contributed by atoms with van der Waals surface area (Å²) in [5, 5.41) is 1.46. The van der Waals surface area contributed by atoms with Crippen LogP contribution >= 0.6 is 50.7 Å². The van der Waals surface area contributed by atoms with Crippen molar-refractivity contribution in [1.82, 2.24) is 0 Å². The van der Waals surface area contributed by atoms with E-state index >= 15 is 0 Å². The molecular weight excluding hydrogens is 378 g/mol. The van der Waals surface area contributed by atoms with Crippen molar-refractivity contribution in [3.63, 3.8) is 0 Å². The highest BCUT2D eigenvalue weighted by molar-refractivity contribution is 9.10. The molecule has 1 atom stereocenters. The van der Waals surface area contributed by atoms with Crippen LogP contribution in [0.1, 0.15) is 11.1 Å². The Bertz CT molecular complexity index is 584. The molecule has 0 radical (unpaired) electrons.